The quantitative estimate of drug-likeness (QED) is 0.767. The van der Waals surface area contributed by atoms with Crippen LogP contribution >= 0.6 is 15.9 Å². The standard InChI is InChI=1S/C9H9BrN2/c1-11-9-5-8-6(2-3-12-8)4-7(9)10/h2-5,11-12H,1H3. The maximum absolute atomic E-state index is 3.49. The van der Waals surface area contributed by atoms with Gasteiger partial charge in [0.1, 0.15) is 0 Å². The van der Waals surface area contributed by atoms with E-state index in [0.29, 0.717) is 0 Å². The molecule has 2 aromatic rings. The van der Waals surface area contributed by atoms with Gasteiger partial charge in [0, 0.05) is 28.6 Å². The molecule has 1 aromatic carbocycles. The molecule has 2 nitrogen and oxygen atoms in total. The Morgan fingerprint density at radius 2 is 2.25 bits per heavy atom. The van der Waals surface area contributed by atoms with Crippen LogP contribution in [0, 0.1) is 0 Å². The second-order valence-electron chi connectivity index (χ2n) is 2.65. The van der Waals surface area contributed by atoms with Gasteiger partial charge in [0.05, 0.1) is 5.69 Å². The van der Waals surface area contributed by atoms with Crippen LogP contribution in [0.25, 0.3) is 10.9 Å². The number of hydrogen-bond donors (Lipinski definition) is 2. The van der Waals surface area contributed by atoms with E-state index in [9.17, 15) is 0 Å². The molecule has 0 spiro atoms. The van der Waals surface area contributed by atoms with Crippen molar-refractivity contribution in [2.75, 3.05) is 12.4 Å². The van der Waals surface area contributed by atoms with Crippen molar-refractivity contribution in [1.29, 1.82) is 0 Å². The van der Waals surface area contributed by atoms with E-state index in [2.05, 4.69) is 44.4 Å². The van der Waals surface area contributed by atoms with E-state index in [1.807, 2.05) is 13.2 Å². The molecule has 0 aliphatic heterocycles. The minimum absolute atomic E-state index is 1.09. The first-order chi connectivity index (χ1) is 5.81. The van der Waals surface area contributed by atoms with Crippen molar-refractivity contribution in [3.63, 3.8) is 0 Å². The lowest BCUT2D eigenvalue weighted by Gasteiger charge is -2.02. The van der Waals surface area contributed by atoms with E-state index in [1.165, 1.54) is 5.39 Å². The lowest BCUT2D eigenvalue weighted by molar-refractivity contribution is 1.45. The maximum atomic E-state index is 3.49. The van der Waals surface area contributed by atoms with Gasteiger partial charge in [0.2, 0.25) is 0 Å². The van der Waals surface area contributed by atoms with E-state index in [4.69, 9.17) is 0 Å². The van der Waals surface area contributed by atoms with E-state index < -0.39 is 0 Å². The normalized spacial score (nSPS) is 10.5. The molecule has 62 valence electrons. The summed E-state index contributed by atoms with van der Waals surface area (Å²) in [6, 6.07) is 6.23. The number of halogens is 1. The van der Waals surface area contributed by atoms with E-state index >= 15 is 0 Å². The van der Waals surface area contributed by atoms with Crippen molar-refractivity contribution < 1.29 is 0 Å². The molecule has 2 N–H and O–H groups in total. The number of rotatable bonds is 1. The third-order valence-corrected chi connectivity index (χ3v) is 2.57. The first-order valence-electron chi connectivity index (χ1n) is 3.75. The lowest BCUT2D eigenvalue weighted by Crippen LogP contribution is -1.88. The van der Waals surface area contributed by atoms with Gasteiger partial charge in [-0.15, -0.1) is 0 Å². The highest BCUT2D eigenvalue weighted by atomic mass is 79.9. The van der Waals surface area contributed by atoms with Crippen LogP contribution in [0.1, 0.15) is 0 Å². The zero-order valence-corrected chi connectivity index (χ0v) is 8.27. The van der Waals surface area contributed by atoms with E-state index in [-0.39, 0.29) is 0 Å². The molecule has 0 aliphatic carbocycles. The van der Waals surface area contributed by atoms with Crippen LogP contribution in [-0.2, 0) is 0 Å². The van der Waals surface area contributed by atoms with Crippen molar-refractivity contribution in [2.45, 2.75) is 0 Å². The Labute approximate surface area is 79.1 Å². The summed E-state index contributed by atoms with van der Waals surface area (Å²) < 4.78 is 1.09. The second kappa shape index (κ2) is 2.83. The monoisotopic (exact) mass is 224 g/mol. The van der Waals surface area contributed by atoms with E-state index in [0.717, 1.165) is 15.7 Å². The highest BCUT2D eigenvalue weighted by Gasteiger charge is 2.00. The maximum Gasteiger partial charge on any atom is 0.0503 e. The van der Waals surface area contributed by atoms with Crippen molar-refractivity contribution in [1.82, 2.24) is 4.98 Å². The average Bonchev–Trinajstić information content (AvgIpc) is 2.49. The largest absolute Gasteiger partial charge is 0.387 e. The van der Waals surface area contributed by atoms with Crippen molar-refractivity contribution in [3.8, 4) is 0 Å². The molecule has 12 heavy (non-hydrogen) atoms. The molecule has 0 saturated carbocycles. The molecule has 0 aliphatic rings. The Morgan fingerprint density at radius 3 is 3.00 bits per heavy atom. The predicted octanol–water partition coefficient (Wildman–Crippen LogP) is 2.97. The summed E-state index contributed by atoms with van der Waals surface area (Å²) in [6.45, 7) is 0. The van der Waals surface area contributed by atoms with Gasteiger partial charge in [-0.05, 0) is 34.1 Å². The molecule has 2 rings (SSSR count). The summed E-state index contributed by atoms with van der Waals surface area (Å²) in [5.41, 5.74) is 2.26. The molecule has 0 unspecified atom stereocenters. The van der Waals surface area contributed by atoms with Crippen LogP contribution in [0.5, 0.6) is 0 Å². The summed E-state index contributed by atoms with van der Waals surface area (Å²) in [5.74, 6) is 0. The van der Waals surface area contributed by atoms with Crippen LogP contribution in [0.2, 0.25) is 0 Å². The lowest BCUT2D eigenvalue weighted by atomic mass is 10.2. The summed E-state index contributed by atoms with van der Waals surface area (Å²) in [7, 11) is 1.91. The Kier molecular flexibility index (Phi) is 1.81. The van der Waals surface area contributed by atoms with Crippen molar-refractivity contribution in [3.05, 3.63) is 28.9 Å². The smallest absolute Gasteiger partial charge is 0.0503 e. The van der Waals surface area contributed by atoms with Gasteiger partial charge in [-0.25, -0.2) is 0 Å². The number of hydrogen-bond acceptors (Lipinski definition) is 1. The summed E-state index contributed by atoms with van der Waals surface area (Å²) in [6.07, 6.45) is 1.94. The Hall–Kier alpha value is -0.960. The van der Waals surface area contributed by atoms with Crippen LogP contribution in [0.3, 0.4) is 0 Å². The van der Waals surface area contributed by atoms with Gasteiger partial charge in [-0.1, -0.05) is 0 Å². The predicted molar refractivity (Wildman–Crippen MR) is 55.5 cm³/mol. The molecular formula is C9H9BrN2. The zero-order valence-electron chi connectivity index (χ0n) is 6.69. The number of fused-ring (bicyclic) bond motifs is 1. The number of anilines is 1. The number of H-pyrrole nitrogens is 1. The number of benzene rings is 1. The molecule has 0 saturated heterocycles. The first kappa shape index (κ1) is 7.68. The van der Waals surface area contributed by atoms with Gasteiger partial charge in [0.25, 0.3) is 0 Å². The molecule has 0 fully saturated rings. The molecule has 3 heteroatoms. The molecule has 1 heterocycles. The van der Waals surface area contributed by atoms with Crippen LogP contribution < -0.4 is 5.32 Å². The number of aromatic amines is 1. The summed E-state index contributed by atoms with van der Waals surface area (Å²) in [4.78, 5) is 3.16. The average molecular weight is 225 g/mol. The SMILES string of the molecule is CNc1cc2[nH]ccc2cc1Br. The summed E-state index contributed by atoms with van der Waals surface area (Å²) >= 11 is 3.49. The van der Waals surface area contributed by atoms with Gasteiger partial charge in [-0.3, -0.25) is 0 Å². The number of aromatic nitrogens is 1. The fourth-order valence-electron chi connectivity index (χ4n) is 1.26. The van der Waals surface area contributed by atoms with E-state index in [1.54, 1.807) is 0 Å². The van der Waals surface area contributed by atoms with Gasteiger partial charge < -0.3 is 10.3 Å². The highest BCUT2D eigenvalue weighted by molar-refractivity contribution is 9.10. The third kappa shape index (κ3) is 1.10. The minimum atomic E-state index is 1.09. The van der Waals surface area contributed by atoms with Gasteiger partial charge in [-0.2, -0.15) is 0 Å². The molecule has 0 amide bonds. The fraction of sp³-hybridized carbons (Fsp3) is 0.111. The fourth-order valence-corrected chi connectivity index (χ4v) is 1.82. The zero-order chi connectivity index (χ0) is 8.55. The topological polar surface area (TPSA) is 27.8 Å². The van der Waals surface area contributed by atoms with Gasteiger partial charge in [0.15, 0.2) is 0 Å². The van der Waals surface area contributed by atoms with Gasteiger partial charge >= 0.3 is 0 Å². The van der Waals surface area contributed by atoms with Crippen molar-refractivity contribution >= 4 is 32.5 Å². The highest BCUT2D eigenvalue weighted by Crippen LogP contribution is 2.27. The number of nitrogens with one attached hydrogen (secondary N) is 2. The molecule has 0 radical (unpaired) electrons. The third-order valence-electron chi connectivity index (χ3n) is 1.91. The molecule has 0 bridgehead atoms. The molecule has 0 atom stereocenters. The Bertz CT molecular complexity index is 406. The van der Waals surface area contributed by atoms with Crippen molar-refractivity contribution in [2.24, 2.45) is 0 Å². The summed E-state index contributed by atoms with van der Waals surface area (Å²) in [5, 5.41) is 4.33. The van der Waals surface area contributed by atoms with Crippen LogP contribution in [-0.4, -0.2) is 12.0 Å². The second-order valence-corrected chi connectivity index (χ2v) is 3.50. The van der Waals surface area contributed by atoms with Crippen LogP contribution in [0.4, 0.5) is 5.69 Å². The molecule has 1 aromatic heterocycles. The minimum Gasteiger partial charge on any atom is -0.387 e. The first-order valence-corrected chi connectivity index (χ1v) is 4.55. The Morgan fingerprint density at radius 1 is 1.42 bits per heavy atom. The van der Waals surface area contributed by atoms with Crippen LogP contribution in [0.15, 0.2) is 28.9 Å². The molecular weight excluding hydrogens is 216 g/mol. The Balaban J connectivity index is 2.73.